The van der Waals surface area contributed by atoms with E-state index in [4.69, 9.17) is 0 Å². The number of fused-ring (bicyclic) bond motifs is 3. The van der Waals surface area contributed by atoms with E-state index in [2.05, 4.69) is 88.8 Å². The third kappa shape index (κ3) is 1.53. The smallest absolute Gasteiger partial charge is 0.0257 e. The van der Waals surface area contributed by atoms with Gasteiger partial charge in [-0.1, -0.05) is 54.0 Å². The molecule has 0 aromatic heterocycles. The van der Waals surface area contributed by atoms with Crippen LogP contribution >= 0.6 is 38.5 Å². The SMILES string of the molecule is CC1(C)c2cccc(Br)c2-c2c(I)cccc21. The molecule has 0 fully saturated rings. The monoisotopic (exact) mass is 398 g/mol. The van der Waals surface area contributed by atoms with Gasteiger partial charge in [-0.2, -0.15) is 0 Å². The van der Waals surface area contributed by atoms with Crippen LogP contribution in [0.4, 0.5) is 0 Å². The van der Waals surface area contributed by atoms with E-state index in [0.717, 1.165) is 0 Å². The van der Waals surface area contributed by atoms with Crippen molar-refractivity contribution < 1.29 is 0 Å². The van der Waals surface area contributed by atoms with Crippen LogP contribution in [0.5, 0.6) is 0 Å². The van der Waals surface area contributed by atoms with Gasteiger partial charge >= 0.3 is 0 Å². The molecule has 0 unspecified atom stereocenters. The molecule has 0 N–H and O–H groups in total. The molecule has 17 heavy (non-hydrogen) atoms. The maximum Gasteiger partial charge on any atom is 0.0257 e. The predicted molar refractivity (Wildman–Crippen MR) is 84.4 cm³/mol. The standard InChI is InChI=1S/C15H12BrI/c1-15(2)9-5-3-7-11(16)13(9)14-10(15)6-4-8-12(14)17/h3-8H,1-2H3. The van der Waals surface area contributed by atoms with Crippen LogP contribution in [0.2, 0.25) is 0 Å². The van der Waals surface area contributed by atoms with Crippen molar-refractivity contribution in [3.05, 3.63) is 55.6 Å². The fourth-order valence-electron chi connectivity index (χ4n) is 2.74. The molecular weight excluding hydrogens is 387 g/mol. The van der Waals surface area contributed by atoms with Crippen LogP contribution in [0, 0.1) is 3.57 Å². The number of hydrogen-bond acceptors (Lipinski definition) is 0. The Labute approximate surface area is 124 Å². The second-order valence-electron chi connectivity index (χ2n) is 4.95. The average Bonchev–Trinajstić information content (AvgIpc) is 2.52. The lowest BCUT2D eigenvalue weighted by atomic mass is 9.82. The molecule has 2 aromatic rings. The van der Waals surface area contributed by atoms with Gasteiger partial charge in [-0.05, 0) is 45.9 Å². The summed E-state index contributed by atoms with van der Waals surface area (Å²) in [5.74, 6) is 0. The maximum absolute atomic E-state index is 3.70. The zero-order valence-electron chi connectivity index (χ0n) is 9.72. The lowest BCUT2D eigenvalue weighted by Crippen LogP contribution is -2.14. The van der Waals surface area contributed by atoms with Crippen LogP contribution in [-0.2, 0) is 5.41 Å². The normalized spacial score (nSPS) is 15.5. The Morgan fingerprint density at radius 1 is 0.941 bits per heavy atom. The number of hydrogen-bond donors (Lipinski definition) is 0. The van der Waals surface area contributed by atoms with Crippen LogP contribution in [-0.4, -0.2) is 0 Å². The molecule has 1 aliphatic carbocycles. The van der Waals surface area contributed by atoms with Crippen LogP contribution in [0.15, 0.2) is 40.9 Å². The van der Waals surface area contributed by atoms with E-state index in [1.165, 1.54) is 30.3 Å². The molecule has 2 heteroatoms. The summed E-state index contributed by atoms with van der Waals surface area (Å²) in [4.78, 5) is 0. The van der Waals surface area contributed by atoms with Gasteiger partial charge in [0.1, 0.15) is 0 Å². The Morgan fingerprint density at radius 3 is 2.24 bits per heavy atom. The van der Waals surface area contributed by atoms with Gasteiger partial charge in [0.05, 0.1) is 0 Å². The highest BCUT2D eigenvalue weighted by Gasteiger charge is 2.37. The highest BCUT2D eigenvalue weighted by molar-refractivity contribution is 14.1. The Morgan fingerprint density at radius 2 is 1.53 bits per heavy atom. The molecule has 0 radical (unpaired) electrons. The first-order valence-corrected chi connectivity index (χ1v) is 7.49. The number of halogens is 2. The van der Waals surface area contributed by atoms with Gasteiger partial charge in [0.2, 0.25) is 0 Å². The fourth-order valence-corrected chi connectivity index (χ4v) is 4.08. The molecular formula is C15H12BrI. The Kier molecular flexibility index (Phi) is 2.63. The average molecular weight is 399 g/mol. The van der Waals surface area contributed by atoms with Gasteiger partial charge in [0.15, 0.2) is 0 Å². The molecule has 0 spiro atoms. The molecule has 0 bridgehead atoms. The first-order valence-electron chi connectivity index (χ1n) is 5.62. The Balaban J connectivity index is 2.49. The molecule has 0 amide bonds. The molecule has 0 aliphatic heterocycles. The zero-order chi connectivity index (χ0) is 12.2. The first-order chi connectivity index (χ1) is 8.03. The summed E-state index contributed by atoms with van der Waals surface area (Å²) in [6.07, 6.45) is 0. The van der Waals surface area contributed by atoms with Crippen LogP contribution in [0.25, 0.3) is 11.1 Å². The topological polar surface area (TPSA) is 0 Å². The van der Waals surface area contributed by atoms with Gasteiger partial charge in [0, 0.05) is 24.6 Å². The van der Waals surface area contributed by atoms with Gasteiger partial charge in [0.25, 0.3) is 0 Å². The molecule has 0 atom stereocenters. The van der Waals surface area contributed by atoms with E-state index in [1.54, 1.807) is 0 Å². The van der Waals surface area contributed by atoms with E-state index < -0.39 is 0 Å². The third-order valence-electron chi connectivity index (χ3n) is 3.62. The minimum atomic E-state index is 0.107. The van der Waals surface area contributed by atoms with Gasteiger partial charge < -0.3 is 0 Å². The second kappa shape index (κ2) is 3.82. The molecule has 1 aliphatic rings. The molecule has 0 heterocycles. The molecule has 3 rings (SSSR count). The van der Waals surface area contributed by atoms with E-state index in [9.17, 15) is 0 Å². The molecule has 0 saturated heterocycles. The van der Waals surface area contributed by atoms with Gasteiger partial charge in [-0.15, -0.1) is 0 Å². The van der Waals surface area contributed by atoms with Crippen molar-refractivity contribution in [3.63, 3.8) is 0 Å². The summed E-state index contributed by atoms with van der Waals surface area (Å²) < 4.78 is 2.53. The summed E-state index contributed by atoms with van der Waals surface area (Å²) in [7, 11) is 0. The quantitative estimate of drug-likeness (QED) is 0.524. The zero-order valence-corrected chi connectivity index (χ0v) is 13.5. The van der Waals surface area contributed by atoms with E-state index in [0.29, 0.717) is 0 Å². The van der Waals surface area contributed by atoms with Crippen LogP contribution in [0.3, 0.4) is 0 Å². The highest BCUT2D eigenvalue weighted by Crippen LogP contribution is 2.52. The van der Waals surface area contributed by atoms with Crippen LogP contribution < -0.4 is 0 Å². The van der Waals surface area contributed by atoms with Gasteiger partial charge in [-0.25, -0.2) is 0 Å². The lowest BCUT2D eigenvalue weighted by molar-refractivity contribution is 0.660. The van der Waals surface area contributed by atoms with Crippen molar-refractivity contribution in [3.8, 4) is 11.1 Å². The maximum atomic E-state index is 3.70. The fraction of sp³-hybridized carbons (Fsp3) is 0.200. The number of benzene rings is 2. The molecule has 2 aromatic carbocycles. The number of rotatable bonds is 0. The van der Waals surface area contributed by atoms with Crippen molar-refractivity contribution in [1.82, 2.24) is 0 Å². The highest BCUT2D eigenvalue weighted by atomic mass is 127. The van der Waals surface area contributed by atoms with E-state index in [1.807, 2.05) is 0 Å². The lowest BCUT2D eigenvalue weighted by Gasteiger charge is -2.21. The molecule has 86 valence electrons. The van der Waals surface area contributed by atoms with Crippen molar-refractivity contribution >= 4 is 38.5 Å². The van der Waals surface area contributed by atoms with Crippen LogP contribution in [0.1, 0.15) is 25.0 Å². The van der Waals surface area contributed by atoms with Crippen molar-refractivity contribution in [2.24, 2.45) is 0 Å². The van der Waals surface area contributed by atoms with Gasteiger partial charge in [-0.3, -0.25) is 0 Å². The first kappa shape index (κ1) is 11.7. The minimum absolute atomic E-state index is 0.107. The predicted octanol–water partition coefficient (Wildman–Crippen LogP) is 5.36. The summed E-state index contributed by atoms with van der Waals surface area (Å²) in [5.41, 5.74) is 5.74. The van der Waals surface area contributed by atoms with Crippen molar-refractivity contribution in [2.45, 2.75) is 19.3 Å². The summed E-state index contributed by atoms with van der Waals surface area (Å²) in [5, 5.41) is 0. The van der Waals surface area contributed by atoms with E-state index in [-0.39, 0.29) is 5.41 Å². The Hall–Kier alpha value is -0.350. The minimum Gasteiger partial charge on any atom is -0.0609 e. The van der Waals surface area contributed by atoms with Crippen molar-refractivity contribution in [2.75, 3.05) is 0 Å². The summed E-state index contributed by atoms with van der Waals surface area (Å²) in [6.45, 7) is 4.61. The second-order valence-corrected chi connectivity index (χ2v) is 6.97. The molecule has 0 nitrogen and oxygen atoms in total. The largest absolute Gasteiger partial charge is 0.0609 e. The van der Waals surface area contributed by atoms with E-state index >= 15 is 0 Å². The molecule has 0 saturated carbocycles. The van der Waals surface area contributed by atoms with Crippen molar-refractivity contribution in [1.29, 1.82) is 0 Å². The summed E-state index contributed by atoms with van der Waals surface area (Å²) >= 11 is 6.13. The summed E-state index contributed by atoms with van der Waals surface area (Å²) in [6, 6.07) is 13.1. The third-order valence-corrected chi connectivity index (χ3v) is 5.18. The Bertz CT molecular complexity index is 561.